The molecule has 6 N–H and O–H groups in total. The Kier molecular flexibility index (Phi) is 40.3. The third-order valence-corrected chi connectivity index (χ3v) is 13.8. The number of allylic oxidation sites excluding steroid dienone is 2. The Morgan fingerprint density at radius 1 is 0.455 bits per heavy atom. The van der Waals surface area contributed by atoms with Gasteiger partial charge in [0.15, 0.2) is 6.10 Å². The summed E-state index contributed by atoms with van der Waals surface area (Å²) >= 11 is 0. The lowest BCUT2D eigenvalue weighted by atomic mass is 9.85. The summed E-state index contributed by atoms with van der Waals surface area (Å²) in [5, 5.41) is 50.3. The minimum atomic E-state index is -5.12. The van der Waals surface area contributed by atoms with Crippen LogP contribution in [-0.4, -0.2) is 98.3 Å². The molecule has 0 spiro atoms. The minimum absolute atomic E-state index is 0.103. The van der Waals surface area contributed by atoms with Crippen LogP contribution in [0.3, 0.4) is 0 Å². The standard InChI is InChI=1S/C52H99O13P/c1-3-5-7-9-11-13-15-17-19-21-22-23-25-27-29-31-33-35-37-39-41-46(54)64-44(43-63-66(60,61)65-52-50(58)48(56)47(55)49(57)51(52)59)42-62-45(53)40-38-36-34-32-30-28-26-24-20-18-16-14-12-10-8-6-4-2/h14,16,44,47-52,55-59H,3-13,15,17-43H2,1-2H3,(H,60,61)/b16-14+/t44-,47?,48-,49?,50?,51?,52?/m1/s1. The van der Waals surface area contributed by atoms with Crippen LogP contribution in [0.25, 0.3) is 0 Å². The first kappa shape index (κ1) is 62.6. The summed E-state index contributed by atoms with van der Waals surface area (Å²) in [4.78, 5) is 35.9. The Labute approximate surface area is 401 Å². The largest absolute Gasteiger partial charge is 0.472 e. The van der Waals surface area contributed by atoms with Crippen LogP contribution in [0.2, 0.25) is 0 Å². The van der Waals surface area contributed by atoms with Gasteiger partial charge >= 0.3 is 19.8 Å². The highest BCUT2D eigenvalue weighted by Gasteiger charge is 2.51. The zero-order valence-corrected chi connectivity index (χ0v) is 42.7. The molecule has 0 aromatic carbocycles. The van der Waals surface area contributed by atoms with Gasteiger partial charge in [0.05, 0.1) is 6.61 Å². The molecule has 0 aromatic heterocycles. The second-order valence-electron chi connectivity index (χ2n) is 19.1. The Morgan fingerprint density at radius 3 is 1.17 bits per heavy atom. The summed E-state index contributed by atoms with van der Waals surface area (Å²) in [6.07, 6.45) is 34.0. The number of unbranched alkanes of at least 4 members (excludes halogenated alkanes) is 32. The van der Waals surface area contributed by atoms with Crippen molar-refractivity contribution in [1.82, 2.24) is 0 Å². The smallest absolute Gasteiger partial charge is 0.462 e. The van der Waals surface area contributed by atoms with Crippen molar-refractivity contribution < 1.29 is 63.1 Å². The normalized spacial score (nSPS) is 21.3. The van der Waals surface area contributed by atoms with Crippen molar-refractivity contribution in [3.05, 3.63) is 12.2 Å². The molecule has 0 bridgehead atoms. The second-order valence-corrected chi connectivity index (χ2v) is 20.5. The number of phosphoric acid groups is 1. The number of hydrogen-bond donors (Lipinski definition) is 6. The average molecular weight is 963 g/mol. The molecule has 14 heteroatoms. The van der Waals surface area contributed by atoms with Crippen molar-refractivity contribution >= 4 is 19.8 Å². The lowest BCUT2D eigenvalue weighted by Crippen LogP contribution is -2.64. The molecule has 0 radical (unpaired) electrons. The molecule has 0 aliphatic heterocycles. The number of carbonyl (C=O) groups is 2. The molecule has 6 unspecified atom stereocenters. The SMILES string of the molecule is CCCCCC/C=C/CCCCCCCCCCCC(=O)OC[C@H](COP(=O)(O)OC1C(O)C(O)C(O)[C@@H](O)C1O)OC(=O)CCCCCCCCCCCCCCCCCCCCCC. The van der Waals surface area contributed by atoms with Gasteiger partial charge in [-0.15, -0.1) is 0 Å². The number of hydrogen-bond acceptors (Lipinski definition) is 12. The van der Waals surface area contributed by atoms with E-state index < -0.39 is 75.7 Å². The van der Waals surface area contributed by atoms with Gasteiger partial charge < -0.3 is 39.9 Å². The van der Waals surface area contributed by atoms with Gasteiger partial charge in [-0.2, -0.15) is 0 Å². The van der Waals surface area contributed by atoms with Crippen molar-refractivity contribution in [1.29, 1.82) is 0 Å². The van der Waals surface area contributed by atoms with E-state index in [0.717, 1.165) is 44.9 Å². The number of ether oxygens (including phenoxy) is 2. The van der Waals surface area contributed by atoms with Gasteiger partial charge in [0.25, 0.3) is 0 Å². The molecule has 1 saturated carbocycles. The molecule has 66 heavy (non-hydrogen) atoms. The van der Waals surface area contributed by atoms with Crippen molar-refractivity contribution in [3.63, 3.8) is 0 Å². The van der Waals surface area contributed by atoms with E-state index in [-0.39, 0.29) is 12.8 Å². The summed E-state index contributed by atoms with van der Waals surface area (Å²) in [5.74, 6) is -1.09. The van der Waals surface area contributed by atoms with Crippen molar-refractivity contribution in [3.8, 4) is 0 Å². The first-order valence-corrected chi connectivity index (χ1v) is 28.5. The highest BCUT2D eigenvalue weighted by atomic mass is 31.2. The number of esters is 2. The van der Waals surface area contributed by atoms with E-state index in [1.807, 2.05) is 0 Å². The molecule has 1 aliphatic rings. The van der Waals surface area contributed by atoms with Crippen molar-refractivity contribution in [2.45, 2.75) is 294 Å². The second kappa shape index (κ2) is 42.5. The summed E-state index contributed by atoms with van der Waals surface area (Å²) in [6, 6.07) is 0. The van der Waals surface area contributed by atoms with Crippen LogP contribution in [0.4, 0.5) is 0 Å². The minimum Gasteiger partial charge on any atom is -0.462 e. The first-order valence-electron chi connectivity index (χ1n) is 27.0. The van der Waals surface area contributed by atoms with Crippen LogP contribution in [0, 0.1) is 0 Å². The van der Waals surface area contributed by atoms with Gasteiger partial charge in [-0.1, -0.05) is 212 Å². The molecule has 0 saturated heterocycles. The van der Waals surface area contributed by atoms with Crippen LogP contribution in [0.15, 0.2) is 12.2 Å². The summed E-state index contributed by atoms with van der Waals surface area (Å²) in [5.41, 5.74) is 0. The molecule has 1 aliphatic carbocycles. The maximum absolute atomic E-state index is 12.9. The molecule has 1 rings (SSSR count). The lowest BCUT2D eigenvalue weighted by Gasteiger charge is -2.41. The molecule has 0 aromatic rings. The Morgan fingerprint density at radius 2 is 0.773 bits per heavy atom. The van der Waals surface area contributed by atoms with E-state index in [4.69, 9.17) is 18.5 Å². The maximum Gasteiger partial charge on any atom is 0.472 e. The van der Waals surface area contributed by atoms with Gasteiger partial charge in [0, 0.05) is 12.8 Å². The van der Waals surface area contributed by atoms with Crippen LogP contribution < -0.4 is 0 Å². The quantitative estimate of drug-likeness (QED) is 0.0145. The molecular formula is C52H99O13P. The van der Waals surface area contributed by atoms with Crippen molar-refractivity contribution in [2.75, 3.05) is 13.2 Å². The summed E-state index contributed by atoms with van der Waals surface area (Å²) in [6.45, 7) is 3.34. The zero-order chi connectivity index (χ0) is 48.5. The van der Waals surface area contributed by atoms with E-state index in [2.05, 4.69) is 26.0 Å². The molecule has 0 heterocycles. The van der Waals surface area contributed by atoms with Gasteiger partial charge in [0.2, 0.25) is 0 Å². The van der Waals surface area contributed by atoms with Crippen LogP contribution in [-0.2, 0) is 32.7 Å². The van der Waals surface area contributed by atoms with Gasteiger partial charge in [-0.25, -0.2) is 4.57 Å². The lowest BCUT2D eigenvalue weighted by molar-refractivity contribution is -0.220. The topological polar surface area (TPSA) is 210 Å². The fourth-order valence-corrected chi connectivity index (χ4v) is 9.49. The fraction of sp³-hybridized carbons (Fsp3) is 0.923. The van der Waals surface area contributed by atoms with E-state index in [0.29, 0.717) is 12.8 Å². The highest BCUT2D eigenvalue weighted by Crippen LogP contribution is 2.47. The maximum atomic E-state index is 12.9. The predicted molar refractivity (Wildman–Crippen MR) is 263 cm³/mol. The van der Waals surface area contributed by atoms with E-state index in [1.165, 1.54) is 167 Å². The summed E-state index contributed by atoms with van der Waals surface area (Å²) < 4.78 is 33.7. The van der Waals surface area contributed by atoms with Gasteiger partial charge in [-0.3, -0.25) is 18.6 Å². The fourth-order valence-electron chi connectivity index (χ4n) is 8.52. The van der Waals surface area contributed by atoms with E-state index in [1.54, 1.807) is 0 Å². The summed E-state index contributed by atoms with van der Waals surface area (Å²) in [7, 11) is -5.12. The number of rotatable bonds is 46. The van der Waals surface area contributed by atoms with Crippen LogP contribution in [0.5, 0.6) is 0 Å². The first-order chi connectivity index (χ1) is 31.9. The molecule has 8 atom stereocenters. The highest BCUT2D eigenvalue weighted by molar-refractivity contribution is 7.47. The Balaban J connectivity index is 2.36. The third kappa shape index (κ3) is 34.0. The van der Waals surface area contributed by atoms with Crippen molar-refractivity contribution in [2.24, 2.45) is 0 Å². The molecular weight excluding hydrogens is 864 g/mol. The number of aliphatic hydroxyl groups is 5. The monoisotopic (exact) mass is 963 g/mol. The van der Waals surface area contributed by atoms with E-state index in [9.17, 15) is 44.6 Å². The number of aliphatic hydroxyl groups excluding tert-OH is 5. The van der Waals surface area contributed by atoms with Crippen LogP contribution >= 0.6 is 7.82 Å². The number of phosphoric ester groups is 1. The van der Waals surface area contributed by atoms with Gasteiger partial charge in [0.1, 0.15) is 43.2 Å². The third-order valence-electron chi connectivity index (χ3n) is 12.9. The van der Waals surface area contributed by atoms with Crippen LogP contribution in [0.1, 0.15) is 251 Å². The molecule has 13 nitrogen and oxygen atoms in total. The molecule has 1 fully saturated rings. The molecule has 390 valence electrons. The number of carbonyl (C=O) groups excluding carboxylic acids is 2. The zero-order valence-electron chi connectivity index (χ0n) is 41.8. The van der Waals surface area contributed by atoms with Gasteiger partial charge in [-0.05, 0) is 38.5 Å². The molecule has 0 amide bonds. The predicted octanol–water partition coefficient (Wildman–Crippen LogP) is 11.8. The Bertz CT molecular complexity index is 1200. The Hall–Kier alpha value is -1.41. The average Bonchev–Trinajstić information content (AvgIpc) is 3.30. The van der Waals surface area contributed by atoms with E-state index >= 15 is 0 Å².